The first-order valence-corrected chi connectivity index (χ1v) is 12.1. The van der Waals surface area contributed by atoms with Crippen molar-refractivity contribution in [3.05, 3.63) is 53.3 Å². The molecule has 0 unspecified atom stereocenters. The molecule has 0 spiro atoms. The maximum Gasteiger partial charge on any atom is 0.387 e. The SMILES string of the molecule is Cc1ccc(N(Cc2ccc(OC(F)F)c(CN3CCN(S(C)(=O)=O)CC3)c2)C(N)=O)cn1. The number of benzene rings is 1. The van der Waals surface area contributed by atoms with Crippen LogP contribution >= 0.6 is 0 Å². The molecule has 1 aromatic carbocycles. The smallest absolute Gasteiger partial charge is 0.387 e. The molecule has 0 saturated carbocycles. The number of halogens is 2. The van der Waals surface area contributed by atoms with Gasteiger partial charge in [-0.25, -0.2) is 13.2 Å². The van der Waals surface area contributed by atoms with E-state index in [4.69, 9.17) is 5.73 Å². The van der Waals surface area contributed by atoms with Gasteiger partial charge in [0.25, 0.3) is 0 Å². The Morgan fingerprint density at radius 2 is 1.91 bits per heavy atom. The number of urea groups is 1. The van der Waals surface area contributed by atoms with Gasteiger partial charge in [-0.2, -0.15) is 13.1 Å². The average Bonchev–Trinajstić information content (AvgIpc) is 2.74. The number of aryl methyl sites for hydroxylation is 1. The molecular weight excluding hydrogens is 456 g/mol. The summed E-state index contributed by atoms with van der Waals surface area (Å²) in [6.45, 7) is 0.778. The standard InChI is InChI=1S/C21H27F2N5O4S/c1-15-3-5-18(12-25-15)28(21(24)29)13-16-4-6-19(32-20(22)23)17(11-16)14-26-7-9-27(10-8-26)33(2,30)31/h3-6,11-12,20H,7-10,13-14H2,1-2H3,(H2,24,29). The number of hydrogen-bond acceptors (Lipinski definition) is 6. The number of pyridine rings is 1. The van der Waals surface area contributed by atoms with Crippen LogP contribution < -0.4 is 15.4 Å². The van der Waals surface area contributed by atoms with Gasteiger partial charge in [-0.05, 0) is 36.8 Å². The molecule has 12 heteroatoms. The van der Waals surface area contributed by atoms with E-state index in [-0.39, 0.29) is 18.8 Å². The van der Waals surface area contributed by atoms with E-state index < -0.39 is 22.7 Å². The first-order chi connectivity index (χ1) is 15.5. The molecule has 3 rings (SSSR count). The quantitative estimate of drug-likeness (QED) is 0.616. The van der Waals surface area contributed by atoms with E-state index in [0.717, 1.165) is 11.9 Å². The molecule has 0 bridgehead atoms. The van der Waals surface area contributed by atoms with Crippen LogP contribution in [0.25, 0.3) is 0 Å². The fraction of sp³-hybridized carbons (Fsp3) is 0.429. The lowest BCUT2D eigenvalue weighted by Gasteiger charge is -2.33. The van der Waals surface area contributed by atoms with Crippen LogP contribution in [0.5, 0.6) is 5.75 Å². The first-order valence-electron chi connectivity index (χ1n) is 10.3. The number of carbonyl (C=O) groups is 1. The average molecular weight is 484 g/mol. The predicted octanol–water partition coefficient (Wildman–Crippen LogP) is 2.15. The number of sulfonamides is 1. The molecule has 1 fully saturated rings. The van der Waals surface area contributed by atoms with E-state index in [9.17, 15) is 22.0 Å². The predicted molar refractivity (Wildman–Crippen MR) is 120 cm³/mol. The number of anilines is 1. The van der Waals surface area contributed by atoms with Crippen LogP contribution in [-0.4, -0.2) is 67.7 Å². The van der Waals surface area contributed by atoms with Gasteiger partial charge in [0.2, 0.25) is 10.0 Å². The third kappa shape index (κ3) is 6.83. The van der Waals surface area contributed by atoms with Crippen LogP contribution in [-0.2, 0) is 23.1 Å². The molecule has 2 heterocycles. The topological polar surface area (TPSA) is 109 Å². The van der Waals surface area contributed by atoms with Crippen molar-refractivity contribution in [3.8, 4) is 5.75 Å². The zero-order chi connectivity index (χ0) is 24.2. The van der Waals surface area contributed by atoms with E-state index in [2.05, 4.69) is 9.72 Å². The fourth-order valence-corrected chi connectivity index (χ4v) is 4.45. The normalized spacial score (nSPS) is 15.5. The number of piperazine rings is 1. The fourth-order valence-electron chi connectivity index (χ4n) is 3.62. The van der Waals surface area contributed by atoms with Crippen LogP contribution in [0.3, 0.4) is 0 Å². The summed E-state index contributed by atoms with van der Waals surface area (Å²) in [5, 5.41) is 0. The third-order valence-corrected chi connectivity index (χ3v) is 6.65. The van der Waals surface area contributed by atoms with E-state index in [1.165, 1.54) is 21.5 Å². The zero-order valence-electron chi connectivity index (χ0n) is 18.4. The largest absolute Gasteiger partial charge is 0.434 e. The zero-order valence-corrected chi connectivity index (χ0v) is 19.3. The van der Waals surface area contributed by atoms with Crippen LogP contribution in [0.15, 0.2) is 36.5 Å². The van der Waals surface area contributed by atoms with Gasteiger partial charge in [0, 0.05) is 44.0 Å². The molecule has 180 valence electrons. The number of nitrogens with zero attached hydrogens (tertiary/aromatic N) is 4. The summed E-state index contributed by atoms with van der Waals surface area (Å²) in [6, 6.07) is 7.54. The monoisotopic (exact) mass is 483 g/mol. The van der Waals surface area contributed by atoms with Gasteiger partial charge >= 0.3 is 12.6 Å². The summed E-state index contributed by atoms with van der Waals surface area (Å²) in [4.78, 5) is 19.5. The summed E-state index contributed by atoms with van der Waals surface area (Å²) in [7, 11) is -3.28. The summed E-state index contributed by atoms with van der Waals surface area (Å²) >= 11 is 0. The van der Waals surface area contributed by atoms with Gasteiger partial charge in [0.05, 0.1) is 24.7 Å². The van der Waals surface area contributed by atoms with Crippen molar-refractivity contribution in [1.82, 2.24) is 14.2 Å². The number of ether oxygens (including phenoxy) is 1. The Kier molecular flexibility index (Phi) is 7.82. The highest BCUT2D eigenvalue weighted by molar-refractivity contribution is 7.88. The van der Waals surface area contributed by atoms with Crippen molar-refractivity contribution in [3.63, 3.8) is 0 Å². The molecular formula is C21H27F2N5O4S. The number of nitrogens with two attached hydrogens (primary N) is 1. The third-order valence-electron chi connectivity index (χ3n) is 5.35. The Morgan fingerprint density at radius 1 is 1.21 bits per heavy atom. The molecule has 0 radical (unpaired) electrons. The van der Waals surface area contributed by atoms with E-state index in [0.29, 0.717) is 43.0 Å². The molecule has 9 nitrogen and oxygen atoms in total. The Bertz CT molecular complexity index is 1070. The van der Waals surface area contributed by atoms with Crippen LogP contribution in [0.2, 0.25) is 0 Å². The lowest BCUT2D eigenvalue weighted by molar-refractivity contribution is -0.0508. The Hall–Kier alpha value is -2.83. The van der Waals surface area contributed by atoms with Gasteiger partial charge in [0.15, 0.2) is 0 Å². The van der Waals surface area contributed by atoms with Gasteiger partial charge in [-0.1, -0.05) is 6.07 Å². The number of amides is 2. The Labute approximate surface area is 191 Å². The summed E-state index contributed by atoms with van der Waals surface area (Å²) < 4.78 is 55.4. The molecule has 0 aliphatic carbocycles. The molecule has 1 aromatic heterocycles. The Morgan fingerprint density at radius 3 is 2.45 bits per heavy atom. The van der Waals surface area contributed by atoms with Crippen LogP contribution in [0, 0.1) is 6.92 Å². The molecule has 2 N–H and O–H groups in total. The van der Waals surface area contributed by atoms with Crippen molar-refractivity contribution < 1.29 is 26.7 Å². The molecule has 1 saturated heterocycles. The van der Waals surface area contributed by atoms with Crippen molar-refractivity contribution in [2.75, 3.05) is 37.3 Å². The summed E-state index contributed by atoms with van der Waals surface area (Å²) in [5.41, 5.74) is 8.03. The number of hydrogen-bond donors (Lipinski definition) is 1. The van der Waals surface area contributed by atoms with Gasteiger partial charge in [-0.15, -0.1) is 0 Å². The minimum absolute atomic E-state index is 0.0296. The molecule has 1 aliphatic heterocycles. The summed E-state index contributed by atoms with van der Waals surface area (Å²) in [5.74, 6) is 0.0296. The van der Waals surface area contributed by atoms with Gasteiger partial charge in [-0.3, -0.25) is 14.8 Å². The van der Waals surface area contributed by atoms with Crippen LogP contribution in [0.1, 0.15) is 16.8 Å². The number of primary amides is 1. The molecule has 0 atom stereocenters. The van der Waals surface area contributed by atoms with Crippen molar-refractivity contribution in [2.45, 2.75) is 26.6 Å². The number of alkyl halides is 2. The number of aromatic nitrogens is 1. The number of rotatable bonds is 8. The first kappa shape index (κ1) is 24.8. The van der Waals surface area contributed by atoms with E-state index >= 15 is 0 Å². The van der Waals surface area contributed by atoms with Crippen molar-refractivity contribution in [2.24, 2.45) is 5.73 Å². The van der Waals surface area contributed by atoms with Crippen molar-refractivity contribution in [1.29, 1.82) is 0 Å². The highest BCUT2D eigenvalue weighted by Crippen LogP contribution is 2.26. The highest BCUT2D eigenvalue weighted by Gasteiger charge is 2.24. The van der Waals surface area contributed by atoms with Crippen molar-refractivity contribution >= 4 is 21.7 Å². The molecule has 33 heavy (non-hydrogen) atoms. The second kappa shape index (κ2) is 10.4. The minimum atomic E-state index is -3.28. The second-order valence-corrected chi connectivity index (χ2v) is 9.82. The Balaban J connectivity index is 1.80. The van der Waals surface area contributed by atoms with Crippen LogP contribution in [0.4, 0.5) is 19.3 Å². The van der Waals surface area contributed by atoms with E-state index in [1.54, 1.807) is 24.3 Å². The van der Waals surface area contributed by atoms with Gasteiger partial charge < -0.3 is 10.5 Å². The second-order valence-electron chi connectivity index (χ2n) is 7.84. The van der Waals surface area contributed by atoms with Gasteiger partial charge in [0.1, 0.15) is 5.75 Å². The number of carbonyl (C=O) groups excluding carboxylic acids is 1. The molecule has 1 aliphatic rings. The molecule has 2 amide bonds. The lowest BCUT2D eigenvalue weighted by atomic mass is 10.1. The summed E-state index contributed by atoms with van der Waals surface area (Å²) in [6.07, 6.45) is 2.70. The highest BCUT2D eigenvalue weighted by atomic mass is 32.2. The minimum Gasteiger partial charge on any atom is -0.434 e. The lowest BCUT2D eigenvalue weighted by Crippen LogP contribution is -2.47. The maximum absolute atomic E-state index is 12.9. The molecule has 2 aromatic rings. The maximum atomic E-state index is 12.9. The van der Waals surface area contributed by atoms with E-state index in [1.807, 2.05) is 11.8 Å².